The average Bonchev–Trinajstić information content (AvgIpc) is 2.48. The highest BCUT2D eigenvalue weighted by Crippen LogP contribution is 2.15. The first-order valence-corrected chi connectivity index (χ1v) is 8.03. The first kappa shape index (κ1) is 14.9. The Hall–Kier alpha value is -1.45. The third kappa shape index (κ3) is 4.91. The van der Waals surface area contributed by atoms with Gasteiger partial charge in [-0.05, 0) is 23.3 Å². The van der Waals surface area contributed by atoms with Crippen LogP contribution in [-0.2, 0) is 16.4 Å². The highest BCUT2D eigenvalue weighted by atomic mass is 35.5. The summed E-state index contributed by atoms with van der Waals surface area (Å²) in [6.45, 7) is 0. The molecule has 4 heteroatoms. The number of anilines is 1. The lowest BCUT2D eigenvalue weighted by Gasteiger charge is -2.05. The van der Waals surface area contributed by atoms with Gasteiger partial charge in [-0.3, -0.25) is 4.79 Å². The molecule has 0 aliphatic rings. The number of alkyl halides is 1. The third-order valence-corrected chi connectivity index (χ3v) is 4.02. The second kappa shape index (κ2) is 7.98. The first-order chi connectivity index (χ1) is 9.78. The maximum Gasteiger partial charge on any atom is 0.234 e. The summed E-state index contributed by atoms with van der Waals surface area (Å²) in [5, 5.41) is 2.87. The zero-order chi connectivity index (χ0) is 14.2. The number of hydrogen-bond acceptors (Lipinski definition) is 2. The molecular weight excluding hydrogens is 290 g/mol. The molecule has 0 aliphatic heterocycles. The average molecular weight is 306 g/mol. The number of carbonyl (C=O) groups excluding carboxylic acids is 1. The van der Waals surface area contributed by atoms with Crippen LogP contribution in [0.2, 0.25) is 0 Å². The number of benzene rings is 2. The molecule has 0 radical (unpaired) electrons. The van der Waals surface area contributed by atoms with E-state index in [1.54, 1.807) is 11.8 Å². The smallest absolute Gasteiger partial charge is 0.234 e. The Kier molecular flexibility index (Phi) is 5.96. The topological polar surface area (TPSA) is 29.1 Å². The van der Waals surface area contributed by atoms with Gasteiger partial charge in [0.1, 0.15) is 0 Å². The molecule has 1 amide bonds. The molecule has 0 unspecified atom stereocenters. The molecule has 2 rings (SSSR count). The van der Waals surface area contributed by atoms with Crippen molar-refractivity contribution in [2.75, 3.05) is 11.1 Å². The first-order valence-electron chi connectivity index (χ1n) is 6.34. The van der Waals surface area contributed by atoms with Crippen molar-refractivity contribution in [3.05, 3.63) is 65.7 Å². The predicted octanol–water partition coefficient (Wildman–Crippen LogP) is 4.30. The molecule has 0 saturated heterocycles. The van der Waals surface area contributed by atoms with Crippen LogP contribution < -0.4 is 5.32 Å². The van der Waals surface area contributed by atoms with Gasteiger partial charge in [-0.25, -0.2) is 0 Å². The molecule has 20 heavy (non-hydrogen) atoms. The van der Waals surface area contributed by atoms with Crippen molar-refractivity contribution in [3.8, 4) is 0 Å². The summed E-state index contributed by atoms with van der Waals surface area (Å²) in [6.07, 6.45) is 0. The maximum absolute atomic E-state index is 11.8. The summed E-state index contributed by atoms with van der Waals surface area (Å²) in [5.41, 5.74) is 3.14. The van der Waals surface area contributed by atoms with E-state index in [-0.39, 0.29) is 5.91 Å². The molecule has 0 atom stereocenters. The third-order valence-electron chi connectivity index (χ3n) is 2.71. The van der Waals surface area contributed by atoms with Crippen LogP contribution in [0.25, 0.3) is 0 Å². The molecule has 2 aromatic rings. The van der Waals surface area contributed by atoms with E-state index in [1.165, 1.54) is 5.56 Å². The monoisotopic (exact) mass is 305 g/mol. The van der Waals surface area contributed by atoms with Gasteiger partial charge in [0, 0.05) is 17.3 Å². The number of halogens is 1. The SMILES string of the molecule is O=C(CSCc1cccc(CCl)c1)Nc1ccccc1. The van der Waals surface area contributed by atoms with Gasteiger partial charge in [0.05, 0.1) is 5.75 Å². The van der Waals surface area contributed by atoms with Gasteiger partial charge < -0.3 is 5.32 Å². The van der Waals surface area contributed by atoms with E-state index in [4.69, 9.17) is 11.6 Å². The minimum absolute atomic E-state index is 0.0229. The number of thioether (sulfide) groups is 1. The fourth-order valence-corrected chi connectivity index (χ4v) is 2.72. The zero-order valence-electron chi connectivity index (χ0n) is 11.0. The van der Waals surface area contributed by atoms with Crippen molar-refractivity contribution in [2.24, 2.45) is 0 Å². The quantitative estimate of drug-likeness (QED) is 0.806. The number of amides is 1. The summed E-state index contributed by atoms with van der Waals surface area (Å²) in [6, 6.07) is 17.6. The van der Waals surface area contributed by atoms with Crippen molar-refractivity contribution in [2.45, 2.75) is 11.6 Å². The Morgan fingerprint density at radius 1 is 1.05 bits per heavy atom. The number of nitrogens with one attached hydrogen (secondary N) is 1. The molecule has 0 bridgehead atoms. The van der Waals surface area contributed by atoms with Crippen LogP contribution in [0.1, 0.15) is 11.1 Å². The highest BCUT2D eigenvalue weighted by Gasteiger charge is 2.03. The normalized spacial score (nSPS) is 10.2. The molecular formula is C16H16ClNOS. The summed E-state index contributed by atoms with van der Waals surface area (Å²) in [4.78, 5) is 11.8. The lowest BCUT2D eigenvalue weighted by molar-refractivity contribution is -0.113. The summed E-state index contributed by atoms with van der Waals surface area (Å²) in [5.74, 6) is 1.80. The van der Waals surface area contributed by atoms with Crippen molar-refractivity contribution in [1.82, 2.24) is 0 Å². The lowest BCUT2D eigenvalue weighted by Crippen LogP contribution is -2.13. The zero-order valence-corrected chi connectivity index (χ0v) is 12.6. The molecule has 1 N–H and O–H groups in total. The largest absolute Gasteiger partial charge is 0.325 e. The van der Waals surface area contributed by atoms with E-state index in [0.717, 1.165) is 17.0 Å². The van der Waals surface area contributed by atoms with E-state index in [1.807, 2.05) is 42.5 Å². The van der Waals surface area contributed by atoms with Gasteiger partial charge in [0.25, 0.3) is 0 Å². The van der Waals surface area contributed by atoms with Gasteiger partial charge in [0.15, 0.2) is 0 Å². The Morgan fingerprint density at radius 3 is 2.55 bits per heavy atom. The standard InChI is InChI=1S/C16H16ClNOS/c17-10-13-5-4-6-14(9-13)11-20-12-16(19)18-15-7-2-1-3-8-15/h1-9H,10-12H2,(H,18,19). The van der Waals surface area contributed by atoms with E-state index >= 15 is 0 Å². The summed E-state index contributed by atoms with van der Waals surface area (Å²) >= 11 is 7.40. The summed E-state index contributed by atoms with van der Waals surface area (Å²) in [7, 11) is 0. The van der Waals surface area contributed by atoms with E-state index in [2.05, 4.69) is 17.4 Å². The van der Waals surface area contributed by atoms with Gasteiger partial charge in [-0.15, -0.1) is 23.4 Å². The van der Waals surface area contributed by atoms with Gasteiger partial charge in [-0.2, -0.15) is 0 Å². The highest BCUT2D eigenvalue weighted by molar-refractivity contribution is 7.99. The van der Waals surface area contributed by atoms with Crippen molar-refractivity contribution in [1.29, 1.82) is 0 Å². The van der Waals surface area contributed by atoms with Crippen LogP contribution in [0.15, 0.2) is 54.6 Å². The van der Waals surface area contributed by atoms with E-state index in [0.29, 0.717) is 11.6 Å². The number of rotatable bonds is 6. The maximum atomic E-state index is 11.8. The van der Waals surface area contributed by atoms with E-state index in [9.17, 15) is 4.79 Å². The van der Waals surface area contributed by atoms with Crippen LogP contribution in [0.4, 0.5) is 5.69 Å². The molecule has 0 aliphatic carbocycles. The Labute approximate surface area is 128 Å². The fourth-order valence-electron chi connectivity index (χ4n) is 1.78. The van der Waals surface area contributed by atoms with Gasteiger partial charge in [0.2, 0.25) is 5.91 Å². The Morgan fingerprint density at radius 2 is 1.80 bits per heavy atom. The molecule has 0 aromatic heterocycles. The van der Waals surface area contributed by atoms with Gasteiger partial charge >= 0.3 is 0 Å². The van der Waals surface area contributed by atoms with Crippen LogP contribution in [0.5, 0.6) is 0 Å². The number of para-hydroxylation sites is 1. The Bertz CT molecular complexity index is 559. The van der Waals surface area contributed by atoms with E-state index < -0.39 is 0 Å². The Balaban J connectivity index is 1.76. The second-order valence-electron chi connectivity index (χ2n) is 4.36. The predicted molar refractivity (Wildman–Crippen MR) is 87.2 cm³/mol. The lowest BCUT2D eigenvalue weighted by atomic mass is 10.2. The fraction of sp³-hybridized carbons (Fsp3) is 0.188. The van der Waals surface area contributed by atoms with Crippen molar-refractivity contribution >= 4 is 35.0 Å². The number of hydrogen-bond donors (Lipinski definition) is 1. The summed E-state index contributed by atoms with van der Waals surface area (Å²) < 4.78 is 0. The number of carbonyl (C=O) groups is 1. The minimum atomic E-state index is 0.0229. The van der Waals surface area contributed by atoms with Crippen LogP contribution in [-0.4, -0.2) is 11.7 Å². The minimum Gasteiger partial charge on any atom is -0.325 e. The molecule has 104 valence electrons. The molecule has 0 saturated carbocycles. The molecule has 0 heterocycles. The van der Waals surface area contributed by atoms with Crippen LogP contribution >= 0.6 is 23.4 Å². The van der Waals surface area contributed by atoms with Crippen LogP contribution in [0.3, 0.4) is 0 Å². The molecule has 2 nitrogen and oxygen atoms in total. The van der Waals surface area contributed by atoms with Crippen molar-refractivity contribution < 1.29 is 4.79 Å². The molecule has 0 fully saturated rings. The second-order valence-corrected chi connectivity index (χ2v) is 5.61. The van der Waals surface area contributed by atoms with Crippen LogP contribution in [0, 0.1) is 0 Å². The van der Waals surface area contributed by atoms with Gasteiger partial charge in [-0.1, -0.05) is 42.5 Å². The molecule has 0 spiro atoms. The molecule has 2 aromatic carbocycles. The van der Waals surface area contributed by atoms with Crippen molar-refractivity contribution in [3.63, 3.8) is 0 Å².